The highest BCUT2D eigenvalue weighted by Gasteiger charge is 2.42. The molecule has 1 amide bonds. The number of nitrogens with zero attached hydrogens (tertiary/aromatic N) is 1. The fraction of sp³-hybridized carbons (Fsp3) is 0.385. The molecule has 0 bridgehead atoms. The zero-order valence-electron chi connectivity index (χ0n) is 11.9. The van der Waals surface area contributed by atoms with Crippen molar-refractivity contribution in [2.75, 3.05) is 6.54 Å². The lowest BCUT2D eigenvalue weighted by Crippen LogP contribution is -2.44. The zero-order valence-corrected chi connectivity index (χ0v) is 12.7. The van der Waals surface area contributed by atoms with Gasteiger partial charge >= 0.3 is 5.97 Å². The molecule has 1 unspecified atom stereocenters. The lowest BCUT2D eigenvalue weighted by atomic mass is 10.0. The summed E-state index contributed by atoms with van der Waals surface area (Å²) in [7, 11) is -3.94. The van der Waals surface area contributed by atoms with Crippen LogP contribution in [0.3, 0.4) is 0 Å². The highest BCUT2D eigenvalue weighted by molar-refractivity contribution is 7.89. The molecule has 0 spiro atoms. The predicted molar refractivity (Wildman–Crippen MR) is 78.1 cm³/mol. The number of benzene rings is 1. The molecule has 5 N–H and O–H groups in total. The molecule has 10 heteroatoms. The van der Waals surface area contributed by atoms with E-state index in [0.717, 1.165) is 4.90 Å². The second-order valence-corrected chi connectivity index (χ2v) is 7.19. The molecule has 2 atom stereocenters. The van der Waals surface area contributed by atoms with Crippen molar-refractivity contribution < 1.29 is 33.3 Å². The van der Waals surface area contributed by atoms with Gasteiger partial charge in [-0.05, 0) is 17.7 Å². The Morgan fingerprint density at radius 1 is 1.35 bits per heavy atom. The van der Waals surface area contributed by atoms with Crippen LogP contribution < -0.4 is 5.14 Å². The summed E-state index contributed by atoms with van der Waals surface area (Å²) >= 11 is 0. The second-order valence-electron chi connectivity index (χ2n) is 5.34. The van der Waals surface area contributed by atoms with Crippen molar-refractivity contribution in [3.8, 4) is 11.5 Å². The molecule has 1 aromatic carbocycles. The average Bonchev–Trinajstić information content (AvgIpc) is 2.81. The number of carbonyl (C=O) groups excluding carboxylic acids is 1. The molecule has 1 fully saturated rings. The van der Waals surface area contributed by atoms with E-state index in [1.165, 1.54) is 18.2 Å². The maximum atomic E-state index is 11.9. The van der Waals surface area contributed by atoms with E-state index < -0.39 is 38.9 Å². The van der Waals surface area contributed by atoms with Crippen molar-refractivity contribution in [1.29, 1.82) is 0 Å². The topological polar surface area (TPSA) is 158 Å². The first-order chi connectivity index (χ1) is 10.6. The standard InChI is InChI=1S/C13H16N2O7S/c14-23(21,22)8-5-12(18)15(6-8)9(13(19)20)3-7-1-2-10(16)11(17)4-7/h1-2,4,8-9,16-17H,3,5-6H2,(H,19,20)(H2,14,21,22)/t8?,9-/m0/s1. The summed E-state index contributed by atoms with van der Waals surface area (Å²) in [6.45, 7) is -0.293. The zero-order chi connectivity index (χ0) is 17.4. The van der Waals surface area contributed by atoms with Crippen molar-refractivity contribution >= 4 is 21.9 Å². The summed E-state index contributed by atoms with van der Waals surface area (Å²) in [5, 5.41) is 31.9. The molecule has 2 rings (SSSR count). The molecule has 9 nitrogen and oxygen atoms in total. The predicted octanol–water partition coefficient (Wildman–Crippen LogP) is -1.02. The number of amides is 1. The molecule has 0 saturated carbocycles. The van der Waals surface area contributed by atoms with Gasteiger partial charge in [0.1, 0.15) is 11.3 Å². The van der Waals surface area contributed by atoms with Crippen molar-refractivity contribution in [2.45, 2.75) is 24.1 Å². The molecular weight excluding hydrogens is 328 g/mol. The molecule has 1 aliphatic rings. The number of carboxylic acid groups (broad SMARTS) is 1. The molecule has 0 radical (unpaired) electrons. The van der Waals surface area contributed by atoms with Gasteiger partial charge in [-0.1, -0.05) is 6.07 Å². The van der Waals surface area contributed by atoms with Gasteiger partial charge in [-0.3, -0.25) is 4.79 Å². The highest BCUT2D eigenvalue weighted by Crippen LogP contribution is 2.27. The lowest BCUT2D eigenvalue weighted by molar-refractivity contribution is -0.148. The number of rotatable bonds is 5. The SMILES string of the molecule is NS(=O)(=O)C1CC(=O)N([C@@H](Cc2ccc(O)c(O)c2)C(=O)O)C1. The lowest BCUT2D eigenvalue weighted by Gasteiger charge is -2.24. The highest BCUT2D eigenvalue weighted by atomic mass is 32.2. The summed E-state index contributed by atoms with van der Waals surface area (Å²) in [6.07, 6.45) is -0.504. The van der Waals surface area contributed by atoms with Crippen molar-refractivity contribution in [1.82, 2.24) is 4.90 Å². The van der Waals surface area contributed by atoms with Gasteiger partial charge in [0.25, 0.3) is 0 Å². The Morgan fingerprint density at radius 2 is 2.00 bits per heavy atom. The van der Waals surface area contributed by atoms with E-state index in [0.29, 0.717) is 5.56 Å². The maximum absolute atomic E-state index is 11.9. The van der Waals surface area contributed by atoms with Gasteiger partial charge in [-0.2, -0.15) is 0 Å². The number of aliphatic carboxylic acids is 1. The van der Waals surface area contributed by atoms with Gasteiger partial charge in [0.05, 0.1) is 0 Å². The number of sulfonamides is 1. The van der Waals surface area contributed by atoms with E-state index in [1.54, 1.807) is 0 Å². The quantitative estimate of drug-likeness (QED) is 0.498. The first-order valence-electron chi connectivity index (χ1n) is 6.64. The third kappa shape index (κ3) is 3.71. The van der Waals surface area contributed by atoms with Crippen LogP contribution in [0, 0.1) is 0 Å². The fourth-order valence-electron chi connectivity index (χ4n) is 2.47. The Labute approximate surface area is 132 Å². The van der Waals surface area contributed by atoms with E-state index in [2.05, 4.69) is 0 Å². The molecule has 1 saturated heterocycles. The van der Waals surface area contributed by atoms with Gasteiger partial charge in [0.2, 0.25) is 15.9 Å². The largest absolute Gasteiger partial charge is 0.504 e. The van der Waals surface area contributed by atoms with Gasteiger partial charge < -0.3 is 20.2 Å². The number of carboxylic acids is 1. The monoisotopic (exact) mass is 344 g/mol. The number of hydrogen-bond acceptors (Lipinski definition) is 6. The van der Waals surface area contributed by atoms with Crippen molar-refractivity contribution in [2.24, 2.45) is 5.14 Å². The van der Waals surface area contributed by atoms with Crippen molar-refractivity contribution in [3.63, 3.8) is 0 Å². The third-order valence-corrected chi connectivity index (χ3v) is 4.96. The van der Waals surface area contributed by atoms with E-state index in [4.69, 9.17) is 5.14 Å². The number of phenols is 2. The number of nitrogens with two attached hydrogens (primary N) is 1. The summed E-state index contributed by atoms with van der Waals surface area (Å²) < 4.78 is 22.7. The minimum Gasteiger partial charge on any atom is -0.504 e. The van der Waals surface area contributed by atoms with Gasteiger partial charge in [0, 0.05) is 19.4 Å². The number of likely N-dealkylation sites (tertiary alicyclic amines) is 1. The Bertz CT molecular complexity index is 747. The van der Waals surface area contributed by atoms with E-state index in [9.17, 15) is 33.3 Å². The molecule has 1 aliphatic heterocycles. The van der Waals surface area contributed by atoms with Gasteiger partial charge in [0.15, 0.2) is 11.5 Å². The molecular formula is C13H16N2O7S. The number of hydrogen-bond donors (Lipinski definition) is 4. The Morgan fingerprint density at radius 3 is 2.48 bits per heavy atom. The van der Waals surface area contributed by atoms with Crippen molar-refractivity contribution in [3.05, 3.63) is 23.8 Å². The summed E-state index contributed by atoms with van der Waals surface area (Å²) in [5.41, 5.74) is 0.375. The number of phenolic OH excluding ortho intramolecular Hbond substituents is 2. The minimum absolute atomic E-state index is 0.147. The van der Waals surface area contributed by atoms with Crippen LogP contribution in [-0.2, 0) is 26.0 Å². The number of carbonyl (C=O) groups is 2. The molecule has 1 aromatic rings. The minimum atomic E-state index is -3.94. The summed E-state index contributed by atoms with van der Waals surface area (Å²) in [5.74, 6) is -2.69. The third-order valence-electron chi connectivity index (χ3n) is 3.72. The smallest absolute Gasteiger partial charge is 0.326 e. The van der Waals surface area contributed by atoms with E-state index in [1.807, 2.05) is 0 Å². The second kappa shape index (κ2) is 6.05. The molecule has 1 heterocycles. The fourth-order valence-corrected chi connectivity index (χ4v) is 3.21. The number of primary sulfonamides is 1. The summed E-state index contributed by atoms with van der Waals surface area (Å²) in [6, 6.07) is 2.49. The molecule has 126 valence electrons. The first-order valence-corrected chi connectivity index (χ1v) is 8.25. The van der Waals surface area contributed by atoms with E-state index in [-0.39, 0.29) is 25.1 Å². The Balaban J connectivity index is 2.23. The van der Waals surface area contributed by atoms with Crippen LogP contribution in [0.5, 0.6) is 11.5 Å². The van der Waals surface area contributed by atoms with Crippen LogP contribution in [0.4, 0.5) is 0 Å². The van der Waals surface area contributed by atoms with Gasteiger partial charge in [-0.25, -0.2) is 18.4 Å². The van der Waals surface area contributed by atoms with Gasteiger partial charge in [-0.15, -0.1) is 0 Å². The molecule has 23 heavy (non-hydrogen) atoms. The first kappa shape index (κ1) is 17.0. The van der Waals surface area contributed by atoms with Crippen LogP contribution in [0.1, 0.15) is 12.0 Å². The Kier molecular flexibility index (Phi) is 4.48. The molecule has 0 aromatic heterocycles. The van der Waals surface area contributed by atoms with Crippen LogP contribution in [0.25, 0.3) is 0 Å². The maximum Gasteiger partial charge on any atom is 0.326 e. The normalized spacial score (nSPS) is 19.8. The Hall–Kier alpha value is -2.33. The van der Waals surface area contributed by atoms with Crippen LogP contribution in [0.2, 0.25) is 0 Å². The van der Waals surface area contributed by atoms with Crippen LogP contribution >= 0.6 is 0 Å². The number of aromatic hydroxyl groups is 2. The average molecular weight is 344 g/mol. The molecule has 0 aliphatic carbocycles. The van der Waals surface area contributed by atoms with Crippen LogP contribution in [-0.4, -0.2) is 58.4 Å². The van der Waals surface area contributed by atoms with E-state index >= 15 is 0 Å². The van der Waals surface area contributed by atoms with Crippen LogP contribution in [0.15, 0.2) is 18.2 Å². The summed E-state index contributed by atoms with van der Waals surface area (Å²) in [4.78, 5) is 24.4.